The van der Waals surface area contributed by atoms with Crippen LogP contribution in [0.25, 0.3) is 0 Å². The number of ether oxygens (including phenoxy) is 2. The van der Waals surface area contributed by atoms with Gasteiger partial charge in [0, 0.05) is 11.6 Å². The Balaban J connectivity index is 2.44. The first-order chi connectivity index (χ1) is 12.1. The van der Waals surface area contributed by atoms with Crippen LogP contribution in [-0.4, -0.2) is 30.3 Å². The summed E-state index contributed by atoms with van der Waals surface area (Å²) in [5.41, 5.74) is 7.03. The van der Waals surface area contributed by atoms with Crippen LogP contribution in [0.4, 0.5) is 14.9 Å². The van der Waals surface area contributed by atoms with Gasteiger partial charge in [-0.2, -0.15) is 0 Å². The fourth-order valence-corrected chi connectivity index (χ4v) is 2.04. The Morgan fingerprint density at radius 1 is 1.27 bits per heavy atom. The van der Waals surface area contributed by atoms with Crippen molar-refractivity contribution in [3.63, 3.8) is 0 Å². The summed E-state index contributed by atoms with van der Waals surface area (Å²) < 4.78 is 24.0. The molecule has 0 saturated heterocycles. The van der Waals surface area contributed by atoms with Crippen LogP contribution in [0.1, 0.15) is 41.0 Å². The van der Waals surface area contributed by atoms with E-state index in [2.05, 4.69) is 21.7 Å². The monoisotopic (exact) mass is 370 g/mol. The zero-order valence-electron chi connectivity index (χ0n) is 15.7. The van der Waals surface area contributed by atoms with Crippen LogP contribution < -0.4 is 26.4 Å². The van der Waals surface area contributed by atoms with Crippen molar-refractivity contribution in [2.75, 3.05) is 12.0 Å². The largest absolute Gasteiger partial charge is 0.488 e. The van der Waals surface area contributed by atoms with E-state index in [4.69, 9.17) is 9.47 Å². The first kappa shape index (κ1) is 21.5. The highest BCUT2D eigenvalue weighted by Crippen LogP contribution is 2.21. The Hall–Kier alpha value is -2.55. The van der Waals surface area contributed by atoms with Gasteiger partial charge >= 0.3 is 12.0 Å². The summed E-state index contributed by atoms with van der Waals surface area (Å²) in [5, 5.41) is 2.63. The van der Waals surface area contributed by atoms with Crippen molar-refractivity contribution < 1.29 is 23.5 Å². The van der Waals surface area contributed by atoms with E-state index in [9.17, 15) is 14.0 Å². The van der Waals surface area contributed by atoms with Gasteiger partial charge in [0.2, 0.25) is 0 Å². The quantitative estimate of drug-likeness (QED) is 0.394. The van der Waals surface area contributed by atoms with Gasteiger partial charge in [-0.15, -0.1) is 5.53 Å². The number of hydrazine groups is 2. The predicted octanol–water partition coefficient (Wildman–Crippen LogP) is 2.48. The number of nitrogens with one attached hydrogen (secondary N) is 4. The molecule has 1 rings (SSSR count). The average molecular weight is 370 g/mol. The number of anilines is 1. The minimum atomic E-state index is -0.792. The minimum absolute atomic E-state index is 0.0320. The van der Waals surface area contributed by atoms with Crippen LogP contribution in [0.3, 0.4) is 0 Å². The maximum Gasteiger partial charge on any atom is 0.330 e. The molecule has 0 heterocycles. The summed E-state index contributed by atoms with van der Waals surface area (Å²) >= 11 is 0. The minimum Gasteiger partial charge on any atom is -0.488 e. The number of esters is 1. The van der Waals surface area contributed by atoms with Crippen molar-refractivity contribution in [3.8, 4) is 5.75 Å². The maximum atomic E-state index is 13.9. The molecular formula is C17H27FN4O4. The Kier molecular flexibility index (Phi) is 8.11. The van der Waals surface area contributed by atoms with Crippen LogP contribution in [0.15, 0.2) is 18.2 Å². The molecular weight excluding hydrogens is 343 g/mol. The second kappa shape index (κ2) is 9.81. The highest BCUT2D eigenvalue weighted by molar-refractivity contribution is 5.76. The number of carbonyl (C=O) groups excluding carboxylic acids is 2. The standard InChI is InChI=1S/C17H27FN4O4/c1-6-25-15(23)10-17(4,5)19-16(24)21-22-20-12-7-8-14(13(18)9-12)26-11(2)3/h7-9,11,20,22H,6,10H2,1-5H3,(H2,19,21,24). The van der Waals surface area contributed by atoms with E-state index in [0.717, 1.165) is 0 Å². The van der Waals surface area contributed by atoms with Crippen LogP contribution >= 0.6 is 0 Å². The van der Waals surface area contributed by atoms with Gasteiger partial charge in [-0.1, -0.05) is 0 Å². The van der Waals surface area contributed by atoms with Gasteiger partial charge in [-0.25, -0.2) is 9.18 Å². The lowest BCUT2D eigenvalue weighted by atomic mass is 10.0. The van der Waals surface area contributed by atoms with E-state index >= 15 is 0 Å². The molecule has 0 bridgehead atoms. The van der Waals surface area contributed by atoms with Crippen LogP contribution in [-0.2, 0) is 9.53 Å². The van der Waals surface area contributed by atoms with Crippen molar-refractivity contribution in [2.24, 2.45) is 0 Å². The first-order valence-electron chi connectivity index (χ1n) is 8.34. The van der Waals surface area contributed by atoms with E-state index in [1.807, 2.05) is 0 Å². The summed E-state index contributed by atoms with van der Waals surface area (Å²) in [6.45, 7) is 8.99. The molecule has 8 nitrogen and oxygen atoms in total. The van der Waals surface area contributed by atoms with Crippen molar-refractivity contribution in [3.05, 3.63) is 24.0 Å². The van der Waals surface area contributed by atoms with Gasteiger partial charge in [0.15, 0.2) is 11.6 Å². The van der Waals surface area contributed by atoms with Gasteiger partial charge in [-0.05, 0) is 46.8 Å². The lowest BCUT2D eigenvalue weighted by molar-refractivity contribution is -0.144. The Bertz CT molecular complexity index is 623. The van der Waals surface area contributed by atoms with E-state index in [-0.39, 0.29) is 24.9 Å². The second-order valence-electron chi connectivity index (χ2n) is 6.51. The smallest absolute Gasteiger partial charge is 0.330 e. The molecule has 0 radical (unpaired) electrons. The predicted molar refractivity (Wildman–Crippen MR) is 95.9 cm³/mol. The normalized spacial score (nSPS) is 11.0. The van der Waals surface area contributed by atoms with Gasteiger partial charge in [0.05, 0.1) is 24.8 Å². The molecule has 0 spiro atoms. The molecule has 0 aliphatic heterocycles. The summed E-state index contributed by atoms with van der Waals surface area (Å²) in [4.78, 5) is 23.4. The van der Waals surface area contributed by atoms with Crippen molar-refractivity contribution in [2.45, 2.75) is 52.7 Å². The first-order valence-corrected chi connectivity index (χ1v) is 8.34. The molecule has 0 aromatic heterocycles. The van der Waals surface area contributed by atoms with E-state index in [0.29, 0.717) is 5.69 Å². The highest BCUT2D eigenvalue weighted by atomic mass is 19.1. The number of halogens is 1. The second-order valence-corrected chi connectivity index (χ2v) is 6.51. The summed E-state index contributed by atoms with van der Waals surface area (Å²) in [6.07, 6.45) is -0.103. The molecule has 0 unspecified atom stereocenters. The molecule has 0 saturated carbocycles. The van der Waals surface area contributed by atoms with Crippen molar-refractivity contribution >= 4 is 17.7 Å². The number of urea groups is 1. The molecule has 0 atom stereocenters. The number of carbonyl (C=O) groups is 2. The molecule has 0 aliphatic carbocycles. The van der Waals surface area contributed by atoms with Crippen molar-refractivity contribution in [1.29, 1.82) is 0 Å². The van der Waals surface area contributed by atoms with E-state index in [1.165, 1.54) is 12.1 Å². The van der Waals surface area contributed by atoms with Crippen LogP contribution in [0, 0.1) is 5.82 Å². The molecule has 4 N–H and O–H groups in total. The number of amides is 2. The highest BCUT2D eigenvalue weighted by Gasteiger charge is 2.24. The average Bonchev–Trinajstić information content (AvgIpc) is 2.48. The third-order valence-electron chi connectivity index (χ3n) is 3.02. The van der Waals surface area contributed by atoms with E-state index in [1.54, 1.807) is 40.7 Å². The summed E-state index contributed by atoms with van der Waals surface area (Å²) in [7, 11) is 0. The Labute approximate surface area is 152 Å². The molecule has 146 valence electrons. The van der Waals surface area contributed by atoms with Crippen molar-refractivity contribution in [1.82, 2.24) is 16.3 Å². The fourth-order valence-electron chi connectivity index (χ4n) is 2.04. The number of benzene rings is 1. The molecule has 0 fully saturated rings. The molecule has 26 heavy (non-hydrogen) atoms. The zero-order valence-corrected chi connectivity index (χ0v) is 15.7. The van der Waals surface area contributed by atoms with Gasteiger partial charge in [-0.3, -0.25) is 10.2 Å². The van der Waals surface area contributed by atoms with Gasteiger partial charge < -0.3 is 20.2 Å². The van der Waals surface area contributed by atoms with E-state index < -0.39 is 23.4 Å². The molecule has 0 aliphatic rings. The molecule has 1 aromatic rings. The fraction of sp³-hybridized carbons (Fsp3) is 0.529. The summed E-state index contributed by atoms with van der Waals surface area (Å²) in [5.74, 6) is -0.773. The molecule has 1 aromatic carbocycles. The van der Waals surface area contributed by atoms with Gasteiger partial charge in [0.1, 0.15) is 0 Å². The lowest BCUT2D eigenvalue weighted by Gasteiger charge is -2.25. The molecule has 2 amide bonds. The third kappa shape index (κ3) is 8.02. The Morgan fingerprint density at radius 2 is 1.96 bits per heavy atom. The number of rotatable bonds is 9. The lowest BCUT2D eigenvalue weighted by Crippen LogP contribution is -2.54. The molecule has 9 heteroatoms. The number of hydrogen-bond donors (Lipinski definition) is 4. The zero-order chi connectivity index (χ0) is 19.7. The SMILES string of the molecule is CCOC(=O)CC(C)(C)NC(=O)NNNc1ccc(OC(C)C)c(F)c1. The Morgan fingerprint density at radius 3 is 2.54 bits per heavy atom. The third-order valence-corrected chi connectivity index (χ3v) is 3.02. The van der Waals surface area contributed by atoms with Gasteiger partial charge in [0.25, 0.3) is 0 Å². The summed E-state index contributed by atoms with van der Waals surface area (Å²) in [6, 6.07) is 3.75. The number of hydrogen-bond acceptors (Lipinski definition) is 6. The maximum absolute atomic E-state index is 13.9. The van der Waals surface area contributed by atoms with Crippen LogP contribution in [0.5, 0.6) is 5.75 Å². The van der Waals surface area contributed by atoms with Crippen LogP contribution in [0.2, 0.25) is 0 Å². The topological polar surface area (TPSA) is 101 Å².